The van der Waals surface area contributed by atoms with Crippen LogP contribution in [0.15, 0.2) is 30.6 Å². The van der Waals surface area contributed by atoms with Gasteiger partial charge in [-0.25, -0.2) is 9.78 Å². The fourth-order valence-corrected chi connectivity index (χ4v) is 4.76. The lowest BCUT2D eigenvalue weighted by Gasteiger charge is -2.36. The molecule has 0 bridgehead atoms. The van der Waals surface area contributed by atoms with E-state index in [4.69, 9.17) is 20.2 Å². The quantitative estimate of drug-likeness (QED) is 0.585. The molecule has 0 amide bonds. The van der Waals surface area contributed by atoms with Crippen molar-refractivity contribution in [2.45, 2.75) is 64.0 Å². The third-order valence-corrected chi connectivity index (χ3v) is 7.36. The van der Waals surface area contributed by atoms with Gasteiger partial charge in [0.2, 0.25) is 5.88 Å². The zero-order valence-corrected chi connectivity index (χ0v) is 19.8. The molecule has 3 aromatic heterocycles. The topological polar surface area (TPSA) is 100 Å². The highest BCUT2D eigenvalue weighted by Crippen LogP contribution is 2.46. The molecular formula is C26H30N4O3. The second kappa shape index (κ2) is 7.48. The summed E-state index contributed by atoms with van der Waals surface area (Å²) in [7, 11) is 1.61. The van der Waals surface area contributed by atoms with Gasteiger partial charge in [-0.15, -0.1) is 0 Å². The minimum atomic E-state index is -0.593. The predicted octanol–water partition coefficient (Wildman–Crippen LogP) is 4.26. The summed E-state index contributed by atoms with van der Waals surface area (Å²) in [5, 5.41) is 1.87. The standard InChI is InChI=1S/C26H30N4O3/c1-14-22-18(24(31)33-25(14,2)3)9-8-16(30-22)10-17-11-19-20(12-28-17)23(32-5)29-13-21(19)26(4,27)15-6-7-15/h8-9,11-15H,6-7,10,27H2,1-5H3/t14-,26-/m1/s1. The number of methoxy groups -OCH3 is 1. The Labute approximate surface area is 193 Å². The molecule has 33 heavy (non-hydrogen) atoms. The van der Waals surface area contributed by atoms with Crippen molar-refractivity contribution in [3.8, 4) is 5.88 Å². The van der Waals surface area contributed by atoms with Crippen molar-refractivity contribution in [3.63, 3.8) is 0 Å². The van der Waals surface area contributed by atoms with Gasteiger partial charge in [-0.2, -0.15) is 0 Å². The smallest absolute Gasteiger partial charge is 0.340 e. The van der Waals surface area contributed by atoms with Crippen LogP contribution in [0.4, 0.5) is 0 Å². The van der Waals surface area contributed by atoms with Gasteiger partial charge < -0.3 is 15.2 Å². The number of esters is 1. The van der Waals surface area contributed by atoms with E-state index in [1.165, 1.54) is 0 Å². The maximum absolute atomic E-state index is 12.4. The monoisotopic (exact) mass is 446 g/mol. The van der Waals surface area contributed by atoms with Gasteiger partial charge in [0.05, 0.1) is 23.8 Å². The molecule has 1 saturated carbocycles. The van der Waals surface area contributed by atoms with Gasteiger partial charge in [0, 0.05) is 41.7 Å². The van der Waals surface area contributed by atoms with E-state index in [1.54, 1.807) is 7.11 Å². The number of nitrogens with two attached hydrogens (primary N) is 1. The summed E-state index contributed by atoms with van der Waals surface area (Å²) in [5.41, 5.74) is 9.80. The summed E-state index contributed by atoms with van der Waals surface area (Å²) < 4.78 is 11.1. The van der Waals surface area contributed by atoms with E-state index in [1.807, 2.05) is 45.3 Å². The molecule has 1 aliphatic carbocycles. The summed E-state index contributed by atoms with van der Waals surface area (Å²) in [6.45, 7) is 7.97. The van der Waals surface area contributed by atoms with Gasteiger partial charge in [0.25, 0.3) is 0 Å². The number of hydrogen-bond donors (Lipinski definition) is 1. The molecule has 1 fully saturated rings. The van der Waals surface area contributed by atoms with E-state index in [0.29, 0.717) is 23.8 Å². The fraction of sp³-hybridized carbons (Fsp3) is 0.462. The molecule has 5 rings (SSSR count). The molecule has 7 nitrogen and oxygen atoms in total. The second-order valence-corrected chi connectivity index (χ2v) is 10.1. The first-order chi connectivity index (χ1) is 15.6. The zero-order chi connectivity index (χ0) is 23.5. The summed E-state index contributed by atoms with van der Waals surface area (Å²) in [4.78, 5) is 26.4. The highest BCUT2D eigenvalue weighted by atomic mass is 16.6. The first-order valence-electron chi connectivity index (χ1n) is 11.5. The van der Waals surface area contributed by atoms with Crippen molar-refractivity contribution in [1.29, 1.82) is 0 Å². The van der Waals surface area contributed by atoms with Gasteiger partial charge in [-0.3, -0.25) is 9.97 Å². The van der Waals surface area contributed by atoms with Crippen LogP contribution in [0.25, 0.3) is 10.8 Å². The van der Waals surface area contributed by atoms with Crippen LogP contribution in [0.5, 0.6) is 5.88 Å². The Kier molecular flexibility index (Phi) is 4.94. The van der Waals surface area contributed by atoms with Crippen molar-refractivity contribution >= 4 is 16.7 Å². The van der Waals surface area contributed by atoms with Crippen LogP contribution in [0.2, 0.25) is 0 Å². The molecule has 0 aromatic carbocycles. The Morgan fingerprint density at radius 3 is 2.64 bits per heavy atom. The lowest BCUT2D eigenvalue weighted by atomic mass is 9.84. The predicted molar refractivity (Wildman–Crippen MR) is 125 cm³/mol. The SMILES string of the molecule is COc1ncc([C@](C)(N)C2CC2)c2cc(Cc3ccc4c(n3)[C@@H](C)C(C)(C)OC4=O)ncc12. The van der Waals surface area contributed by atoms with E-state index in [-0.39, 0.29) is 11.9 Å². The Morgan fingerprint density at radius 2 is 1.94 bits per heavy atom. The molecule has 2 N–H and O–H groups in total. The molecule has 2 atom stereocenters. The molecule has 0 radical (unpaired) electrons. The van der Waals surface area contributed by atoms with Crippen molar-refractivity contribution in [1.82, 2.24) is 15.0 Å². The molecule has 4 heterocycles. The van der Waals surface area contributed by atoms with Gasteiger partial charge in [0.1, 0.15) is 5.60 Å². The van der Waals surface area contributed by atoms with Crippen LogP contribution in [0.1, 0.15) is 79.5 Å². The zero-order valence-electron chi connectivity index (χ0n) is 19.8. The molecule has 0 unspecified atom stereocenters. The lowest BCUT2D eigenvalue weighted by Crippen LogP contribution is -2.39. The first-order valence-corrected chi connectivity index (χ1v) is 11.5. The van der Waals surface area contributed by atoms with Crippen molar-refractivity contribution in [3.05, 3.63) is 58.8 Å². The lowest BCUT2D eigenvalue weighted by molar-refractivity contribution is -0.0190. The van der Waals surface area contributed by atoms with Crippen LogP contribution in [0.3, 0.4) is 0 Å². The maximum Gasteiger partial charge on any atom is 0.340 e. The molecule has 172 valence electrons. The average Bonchev–Trinajstić information content (AvgIpc) is 3.62. The average molecular weight is 447 g/mol. The number of aromatic nitrogens is 3. The van der Waals surface area contributed by atoms with Crippen molar-refractivity contribution < 1.29 is 14.3 Å². The molecule has 7 heteroatoms. The highest BCUT2D eigenvalue weighted by Gasteiger charge is 2.41. The number of nitrogens with zero attached hydrogens (tertiary/aromatic N) is 3. The number of pyridine rings is 3. The van der Waals surface area contributed by atoms with Crippen molar-refractivity contribution in [2.75, 3.05) is 7.11 Å². The fourth-order valence-electron chi connectivity index (χ4n) is 4.76. The molecule has 0 saturated heterocycles. The summed E-state index contributed by atoms with van der Waals surface area (Å²) in [5.74, 6) is 0.677. The third-order valence-electron chi connectivity index (χ3n) is 7.36. The first kappa shape index (κ1) is 21.8. The van der Waals surface area contributed by atoms with Gasteiger partial charge in [-0.05, 0) is 68.7 Å². The molecule has 2 aliphatic rings. The molecule has 3 aromatic rings. The van der Waals surface area contributed by atoms with E-state index in [0.717, 1.165) is 46.3 Å². The number of fused-ring (bicyclic) bond motifs is 2. The largest absolute Gasteiger partial charge is 0.481 e. The normalized spacial score (nSPS) is 21.3. The number of ether oxygens (including phenoxy) is 2. The second-order valence-electron chi connectivity index (χ2n) is 10.1. The van der Waals surface area contributed by atoms with Gasteiger partial charge in [0.15, 0.2) is 0 Å². The number of carbonyl (C=O) groups is 1. The Morgan fingerprint density at radius 1 is 1.18 bits per heavy atom. The third kappa shape index (κ3) is 3.64. The minimum absolute atomic E-state index is 0.00635. The van der Waals surface area contributed by atoms with Crippen molar-refractivity contribution in [2.24, 2.45) is 11.7 Å². The minimum Gasteiger partial charge on any atom is -0.481 e. The Balaban J connectivity index is 1.55. The van der Waals surface area contributed by atoms with E-state index < -0.39 is 11.1 Å². The van der Waals surface area contributed by atoms with Gasteiger partial charge in [-0.1, -0.05) is 6.92 Å². The van der Waals surface area contributed by atoms with Gasteiger partial charge >= 0.3 is 5.97 Å². The van der Waals surface area contributed by atoms with Crippen LogP contribution < -0.4 is 10.5 Å². The van der Waals surface area contributed by atoms with Crippen LogP contribution in [-0.4, -0.2) is 33.6 Å². The number of hydrogen-bond acceptors (Lipinski definition) is 7. The number of rotatable bonds is 5. The van der Waals surface area contributed by atoms with E-state index in [2.05, 4.69) is 23.0 Å². The number of carbonyl (C=O) groups excluding carboxylic acids is 1. The summed E-state index contributed by atoms with van der Waals surface area (Å²) in [6.07, 6.45) is 6.46. The van der Waals surface area contributed by atoms with Crippen LogP contribution >= 0.6 is 0 Å². The van der Waals surface area contributed by atoms with Crippen LogP contribution in [-0.2, 0) is 16.7 Å². The summed E-state index contributed by atoms with van der Waals surface area (Å²) >= 11 is 0. The maximum atomic E-state index is 12.4. The Bertz CT molecular complexity index is 1260. The molecule has 1 aliphatic heterocycles. The summed E-state index contributed by atoms with van der Waals surface area (Å²) in [6, 6.07) is 5.77. The Hall–Kier alpha value is -3.06. The highest BCUT2D eigenvalue weighted by molar-refractivity contribution is 5.92. The van der Waals surface area contributed by atoms with Crippen LogP contribution in [0, 0.1) is 5.92 Å². The number of cyclic esters (lactones) is 1. The van der Waals surface area contributed by atoms with E-state index in [9.17, 15) is 4.79 Å². The van der Waals surface area contributed by atoms with E-state index >= 15 is 0 Å². The molecular weight excluding hydrogens is 416 g/mol. The molecule has 0 spiro atoms.